The molecule has 9 rings (SSSR count). The van der Waals surface area contributed by atoms with Gasteiger partial charge in [-0.2, -0.15) is 0 Å². The van der Waals surface area contributed by atoms with Crippen LogP contribution in [-0.2, 0) is 0 Å². The van der Waals surface area contributed by atoms with E-state index in [0.717, 1.165) is 16.6 Å². The van der Waals surface area contributed by atoms with E-state index in [9.17, 15) is 0 Å². The van der Waals surface area contributed by atoms with Crippen molar-refractivity contribution in [2.24, 2.45) is 0 Å². The number of hydrogen-bond donors (Lipinski definition) is 0. The molecule has 43 heavy (non-hydrogen) atoms. The summed E-state index contributed by atoms with van der Waals surface area (Å²) in [6.45, 7) is 0. The number of rotatable bonds is 3. The lowest BCUT2D eigenvalue weighted by Gasteiger charge is -2.18. The van der Waals surface area contributed by atoms with Crippen LogP contribution in [0, 0.1) is 0 Å². The maximum absolute atomic E-state index is 6.21. The van der Waals surface area contributed by atoms with Gasteiger partial charge >= 0.3 is 0 Å². The molecule has 1 heteroatoms. The van der Waals surface area contributed by atoms with Crippen molar-refractivity contribution in [2.75, 3.05) is 0 Å². The number of para-hydroxylation sites is 1. The van der Waals surface area contributed by atoms with Gasteiger partial charge in [0.05, 0.1) is 0 Å². The monoisotopic (exact) mass is 546 g/mol. The van der Waals surface area contributed by atoms with Crippen LogP contribution in [0.2, 0.25) is 0 Å². The molecule has 0 aliphatic heterocycles. The molecule has 0 spiro atoms. The Balaban J connectivity index is 1.31. The van der Waals surface area contributed by atoms with Gasteiger partial charge < -0.3 is 4.42 Å². The third kappa shape index (κ3) is 3.65. The van der Waals surface area contributed by atoms with Crippen LogP contribution in [0.5, 0.6) is 0 Å². The van der Waals surface area contributed by atoms with E-state index in [1.807, 2.05) is 12.1 Å². The molecule has 0 saturated carbocycles. The number of hydrogen-bond acceptors (Lipinski definition) is 1. The zero-order valence-electron chi connectivity index (χ0n) is 23.4. The Hall–Kier alpha value is -5.66. The first-order chi connectivity index (χ1) is 21.3. The van der Waals surface area contributed by atoms with Crippen LogP contribution in [0.25, 0.3) is 87.6 Å². The zero-order valence-corrected chi connectivity index (χ0v) is 23.4. The summed E-state index contributed by atoms with van der Waals surface area (Å²) in [6, 6.07) is 56.8. The normalized spacial score (nSPS) is 11.7. The maximum Gasteiger partial charge on any atom is 0.136 e. The quantitative estimate of drug-likeness (QED) is 0.201. The van der Waals surface area contributed by atoms with Crippen LogP contribution < -0.4 is 0 Å². The molecule has 0 radical (unpaired) electrons. The molecule has 0 fully saturated rings. The van der Waals surface area contributed by atoms with Gasteiger partial charge in [0.1, 0.15) is 11.2 Å². The Bertz CT molecular complexity index is 2440. The molecule has 0 N–H and O–H groups in total. The minimum atomic E-state index is 0.926. The van der Waals surface area contributed by atoms with Gasteiger partial charge in [-0.3, -0.25) is 0 Å². The number of furan rings is 1. The van der Waals surface area contributed by atoms with E-state index in [2.05, 4.69) is 146 Å². The van der Waals surface area contributed by atoms with Gasteiger partial charge in [-0.15, -0.1) is 0 Å². The van der Waals surface area contributed by atoms with Gasteiger partial charge in [-0.05, 0) is 83.9 Å². The van der Waals surface area contributed by atoms with Crippen molar-refractivity contribution in [3.63, 3.8) is 0 Å². The van der Waals surface area contributed by atoms with E-state index in [0.29, 0.717) is 0 Å². The highest BCUT2D eigenvalue weighted by Crippen LogP contribution is 2.45. The zero-order chi connectivity index (χ0) is 28.3. The highest BCUT2D eigenvalue weighted by molar-refractivity contribution is 6.23. The van der Waals surface area contributed by atoms with E-state index in [4.69, 9.17) is 4.42 Å². The largest absolute Gasteiger partial charge is 0.456 e. The van der Waals surface area contributed by atoms with Crippen LogP contribution >= 0.6 is 0 Å². The molecular weight excluding hydrogens is 520 g/mol. The lowest BCUT2D eigenvalue weighted by atomic mass is 9.85. The molecule has 1 nitrogen and oxygen atoms in total. The fourth-order valence-corrected chi connectivity index (χ4v) is 7.03. The van der Waals surface area contributed by atoms with Crippen molar-refractivity contribution in [3.8, 4) is 33.4 Å². The highest BCUT2D eigenvalue weighted by atomic mass is 16.3. The van der Waals surface area contributed by atoms with Crippen LogP contribution in [0.15, 0.2) is 162 Å². The van der Waals surface area contributed by atoms with E-state index >= 15 is 0 Å². The second-order valence-corrected chi connectivity index (χ2v) is 11.2. The summed E-state index contributed by atoms with van der Waals surface area (Å²) in [4.78, 5) is 0. The summed E-state index contributed by atoms with van der Waals surface area (Å²) >= 11 is 0. The summed E-state index contributed by atoms with van der Waals surface area (Å²) in [6.07, 6.45) is 0. The smallest absolute Gasteiger partial charge is 0.136 e. The van der Waals surface area contributed by atoms with Gasteiger partial charge in [0.25, 0.3) is 0 Å². The molecule has 0 saturated heterocycles. The lowest BCUT2D eigenvalue weighted by Crippen LogP contribution is -1.91. The molecule has 0 unspecified atom stereocenters. The first-order valence-electron chi connectivity index (χ1n) is 14.8. The summed E-state index contributed by atoms with van der Waals surface area (Å²) in [7, 11) is 0. The van der Waals surface area contributed by atoms with E-state index < -0.39 is 0 Å². The first-order valence-corrected chi connectivity index (χ1v) is 14.8. The Morgan fingerprint density at radius 2 is 0.837 bits per heavy atom. The molecule has 0 amide bonds. The standard InChI is InChI=1S/C42H26O/c1-2-12-27(13-3-1)40-33-16-4-6-18-35(33)41(36-19-7-5-17-34(36)40)29-15-10-14-28(26-29)30-21-11-22-32-31(30)24-25-39-42(32)37-20-8-9-23-38(37)43-39/h1-26H. The summed E-state index contributed by atoms with van der Waals surface area (Å²) in [5.41, 5.74) is 9.30. The number of fused-ring (bicyclic) bond motifs is 7. The minimum absolute atomic E-state index is 0.926. The minimum Gasteiger partial charge on any atom is -0.456 e. The lowest BCUT2D eigenvalue weighted by molar-refractivity contribution is 0.669. The summed E-state index contributed by atoms with van der Waals surface area (Å²) < 4.78 is 6.21. The van der Waals surface area contributed by atoms with Crippen LogP contribution in [0.4, 0.5) is 0 Å². The van der Waals surface area contributed by atoms with E-state index in [1.165, 1.54) is 71.1 Å². The van der Waals surface area contributed by atoms with E-state index in [-0.39, 0.29) is 0 Å². The van der Waals surface area contributed by atoms with Gasteiger partial charge in [-0.1, -0.05) is 140 Å². The van der Waals surface area contributed by atoms with Crippen molar-refractivity contribution in [1.29, 1.82) is 0 Å². The van der Waals surface area contributed by atoms with Crippen LogP contribution in [0.1, 0.15) is 0 Å². The molecule has 0 aliphatic carbocycles. The molecule has 8 aromatic carbocycles. The first kappa shape index (κ1) is 24.0. The second-order valence-electron chi connectivity index (χ2n) is 11.2. The second kappa shape index (κ2) is 9.44. The van der Waals surface area contributed by atoms with Gasteiger partial charge in [0, 0.05) is 10.8 Å². The average molecular weight is 547 g/mol. The van der Waals surface area contributed by atoms with Gasteiger partial charge in [0.15, 0.2) is 0 Å². The third-order valence-corrected chi connectivity index (χ3v) is 8.86. The fraction of sp³-hybridized carbons (Fsp3) is 0. The molecular formula is C42H26O. The molecule has 9 aromatic rings. The summed E-state index contributed by atoms with van der Waals surface area (Å²) in [5.74, 6) is 0. The van der Waals surface area contributed by atoms with Crippen LogP contribution in [0.3, 0.4) is 0 Å². The highest BCUT2D eigenvalue weighted by Gasteiger charge is 2.17. The SMILES string of the molecule is c1ccc(-c2c3ccccc3c(-c3cccc(-c4cccc5c4ccc4oc6ccccc6c45)c3)c3ccccc23)cc1. The molecule has 0 bridgehead atoms. The molecule has 0 atom stereocenters. The van der Waals surface area contributed by atoms with Crippen molar-refractivity contribution in [3.05, 3.63) is 158 Å². The Kier molecular flexibility index (Phi) is 5.27. The van der Waals surface area contributed by atoms with Crippen LogP contribution in [-0.4, -0.2) is 0 Å². The molecule has 1 aromatic heterocycles. The van der Waals surface area contributed by atoms with Crippen molar-refractivity contribution in [2.45, 2.75) is 0 Å². The summed E-state index contributed by atoms with van der Waals surface area (Å²) in [5, 5.41) is 9.86. The Morgan fingerprint density at radius 3 is 1.56 bits per heavy atom. The predicted octanol–water partition coefficient (Wildman–Crippen LogP) is 12.0. The molecule has 1 heterocycles. The Labute approximate surface area is 249 Å². The molecule has 0 aliphatic rings. The fourth-order valence-electron chi connectivity index (χ4n) is 7.03. The van der Waals surface area contributed by atoms with E-state index in [1.54, 1.807) is 0 Å². The van der Waals surface area contributed by atoms with Crippen molar-refractivity contribution < 1.29 is 4.42 Å². The molecule has 200 valence electrons. The number of benzene rings is 8. The Morgan fingerprint density at radius 1 is 0.302 bits per heavy atom. The maximum atomic E-state index is 6.21. The third-order valence-electron chi connectivity index (χ3n) is 8.86. The topological polar surface area (TPSA) is 13.1 Å². The van der Waals surface area contributed by atoms with Gasteiger partial charge in [-0.25, -0.2) is 0 Å². The van der Waals surface area contributed by atoms with Crippen molar-refractivity contribution in [1.82, 2.24) is 0 Å². The van der Waals surface area contributed by atoms with Gasteiger partial charge in [0.2, 0.25) is 0 Å². The predicted molar refractivity (Wildman–Crippen MR) is 183 cm³/mol. The van der Waals surface area contributed by atoms with Crippen molar-refractivity contribution >= 4 is 54.3 Å². The average Bonchev–Trinajstić information content (AvgIpc) is 3.46.